The first-order valence-corrected chi connectivity index (χ1v) is 16.3. The van der Waals surface area contributed by atoms with E-state index in [4.69, 9.17) is 18.9 Å². The molecule has 3 aromatic rings. The SMILES string of the molecule is C[C@@H]1CCCCO[C@H](CN(C)Cc2ccc3c(c2)OCO3)[C@H](C)CN([C@H](C)CO)C(=O)c2cc(NC(=O)c3ccncc3)ccc2O1. The molecule has 0 saturated heterocycles. The Bertz CT molecular complexity index is 1500. The number of aliphatic hydroxyl groups is 1. The van der Waals surface area contributed by atoms with Gasteiger partial charge in [-0.25, -0.2) is 0 Å². The number of benzene rings is 2. The number of carbonyl (C=O) groups excluding carboxylic acids is 2. The van der Waals surface area contributed by atoms with Crippen LogP contribution < -0.4 is 19.5 Å². The number of hydrogen-bond acceptors (Lipinski definition) is 9. The molecule has 2 N–H and O–H groups in total. The van der Waals surface area contributed by atoms with E-state index in [0.717, 1.165) is 36.3 Å². The lowest BCUT2D eigenvalue weighted by molar-refractivity contribution is -0.0177. The van der Waals surface area contributed by atoms with E-state index in [1.807, 2.05) is 32.0 Å². The Kier molecular flexibility index (Phi) is 11.7. The minimum absolute atomic E-state index is 0.0621. The Labute approximate surface area is 276 Å². The van der Waals surface area contributed by atoms with Crippen molar-refractivity contribution in [3.05, 3.63) is 77.6 Å². The monoisotopic (exact) mass is 646 g/mol. The van der Waals surface area contributed by atoms with Gasteiger partial charge < -0.3 is 34.3 Å². The molecule has 0 bridgehead atoms. The second kappa shape index (κ2) is 16.1. The molecule has 252 valence electrons. The summed E-state index contributed by atoms with van der Waals surface area (Å²) < 4.78 is 23.8. The lowest BCUT2D eigenvalue weighted by atomic mass is 10.0. The fourth-order valence-electron chi connectivity index (χ4n) is 5.89. The average molecular weight is 647 g/mol. The first-order valence-electron chi connectivity index (χ1n) is 16.3. The number of amides is 2. The van der Waals surface area contributed by atoms with E-state index in [2.05, 4.69) is 29.2 Å². The highest BCUT2D eigenvalue weighted by Gasteiger charge is 2.30. The molecule has 2 aliphatic heterocycles. The van der Waals surface area contributed by atoms with E-state index >= 15 is 0 Å². The summed E-state index contributed by atoms with van der Waals surface area (Å²) >= 11 is 0. The quantitative estimate of drug-likeness (QED) is 0.349. The summed E-state index contributed by atoms with van der Waals surface area (Å²) in [5.41, 5.74) is 2.35. The average Bonchev–Trinajstić information content (AvgIpc) is 3.54. The van der Waals surface area contributed by atoms with Crippen molar-refractivity contribution in [2.75, 3.05) is 45.5 Å². The molecule has 2 aliphatic rings. The van der Waals surface area contributed by atoms with Crippen molar-refractivity contribution in [1.29, 1.82) is 0 Å². The summed E-state index contributed by atoms with van der Waals surface area (Å²) in [5, 5.41) is 13.1. The molecule has 3 heterocycles. The van der Waals surface area contributed by atoms with Gasteiger partial charge in [-0.2, -0.15) is 0 Å². The zero-order valence-corrected chi connectivity index (χ0v) is 27.7. The molecule has 0 fully saturated rings. The maximum absolute atomic E-state index is 14.4. The predicted octanol–water partition coefficient (Wildman–Crippen LogP) is 4.99. The summed E-state index contributed by atoms with van der Waals surface area (Å²) in [6.45, 7) is 8.21. The largest absolute Gasteiger partial charge is 0.490 e. The van der Waals surface area contributed by atoms with Crippen molar-refractivity contribution >= 4 is 17.5 Å². The number of fused-ring (bicyclic) bond motifs is 2. The van der Waals surface area contributed by atoms with Gasteiger partial charge in [0.25, 0.3) is 11.8 Å². The van der Waals surface area contributed by atoms with Crippen LogP contribution in [-0.2, 0) is 11.3 Å². The van der Waals surface area contributed by atoms with Crippen LogP contribution in [0.4, 0.5) is 5.69 Å². The first-order chi connectivity index (χ1) is 22.7. The second-order valence-corrected chi connectivity index (χ2v) is 12.6. The van der Waals surface area contributed by atoms with Crippen LogP contribution in [0, 0.1) is 5.92 Å². The molecule has 2 aromatic carbocycles. The molecule has 11 nitrogen and oxygen atoms in total. The number of rotatable bonds is 8. The van der Waals surface area contributed by atoms with Crippen LogP contribution in [0.25, 0.3) is 0 Å². The van der Waals surface area contributed by atoms with Gasteiger partial charge in [0.1, 0.15) is 5.75 Å². The molecule has 11 heteroatoms. The summed E-state index contributed by atoms with van der Waals surface area (Å²) in [4.78, 5) is 35.2. The number of aliphatic hydroxyl groups excluding tert-OH is 1. The van der Waals surface area contributed by atoms with Crippen LogP contribution in [0.3, 0.4) is 0 Å². The van der Waals surface area contributed by atoms with Gasteiger partial charge in [-0.15, -0.1) is 0 Å². The molecule has 1 aromatic heterocycles. The molecule has 4 atom stereocenters. The van der Waals surface area contributed by atoms with Gasteiger partial charge in [0, 0.05) is 55.8 Å². The smallest absolute Gasteiger partial charge is 0.258 e. The topological polar surface area (TPSA) is 123 Å². The summed E-state index contributed by atoms with van der Waals surface area (Å²) in [6.07, 6.45) is 5.37. The van der Waals surface area contributed by atoms with E-state index in [-0.39, 0.29) is 43.3 Å². The summed E-state index contributed by atoms with van der Waals surface area (Å²) in [5.74, 6) is 1.29. The van der Waals surface area contributed by atoms with Crippen molar-refractivity contribution in [2.45, 2.75) is 64.8 Å². The third-order valence-electron chi connectivity index (χ3n) is 8.63. The Hall–Kier alpha value is -4.19. The number of nitrogens with one attached hydrogen (secondary N) is 1. The van der Waals surface area contributed by atoms with Gasteiger partial charge in [0.2, 0.25) is 6.79 Å². The van der Waals surface area contributed by atoms with Crippen LogP contribution >= 0.6 is 0 Å². The second-order valence-electron chi connectivity index (χ2n) is 12.6. The van der Waals surface area contributed by atoms with Gasteiger partial charge >= 0.3 is 0 Å². The lowest BCUT2D eigenvalue weighted by Gasteiger charge is -2.36. The third kappa shape index (κ3) is 9.00. The maximum atomic E-state index is 14.4. The highest BCUT2D eigenvalue weighted by atomic mass is 16.7. The van der Waals surface area contributed by atoms with Crippen LogP contribution in [0.2, 0.25) is 0 Å². The third-order valence-corrected chi connectivity index (χ3v) is 8.63. The van der Waals surface area contributed by atoms with Gasteiger partial charge in [-0.3, -0.25) is 19.5 Å². The van der Waals surface area contributed by atoms with Gasteiger partial charge in [0.05, 0.1) is 30.4 Å². The fraction of sp³-hybridized carbons (Fsp3) is 0.472. The minimum atomic E-state index is -0.467. The molecule has 0 radical (unpaired) electrons. The number of ether oxygens (including phenoxy) is 4. The van der Waals surface area contributed by atoms with Crippen LogP contribution in [0.15, 0.2) is 60.9 Å². The Balaban J connectivity index is 1.38. The standard InChI is InChI=1S/C36H46N4O7/c1-24-19-40(25(2)22-41)36(43)30-18-29(38-35(42)28-12-14-37-15-13-28)9-11-31(30)47-26(3)7-5-6-16-44-34(24)21-39(4)20-27-8-10-32-33(17-27)46-23-45-32/h8-15,17-18,24-26,34,41H,5-7,16,19-23H2,1-4H3,(H,38,42)/t24-,25-,26-,34-/m1/s1. The van der Waals surface area contributed by atoms with E-state index in [0.29, 0.717) is 48.8 Å². The summed E-state index contributed by atoms with van der Waals surface area (Å²) in [6, 6.07) is 13.9. The first kappa shape index (κ1) is 34.2. The zero-order valence-electron chi connectivity index (χ0n) is 27.7. The molecule has 2 amide bonds. The van der Waals surface area contributed by atoms with E-state index < -0.39 is 6.04 Å². The van der Waals surface area contributed by atoms with Crippen LogP contribution in [-0.4, -0.2) is 90.1 Å². The number of pyridine rings is 1. The van der Waals surface area contributed by atoms with Crippen LogP contribution in [0.1, 0.15) is 66.3 Å². The van der Waals surface area contributed by atoms with Crippen molar-refractivity contribution in [1.82, 2.24) is 14.8 Å². The number of likely N-dealkylation sites (N-methyl/N-ethyl adjacent to an activating group) is 1. The number of aromatic nitrogens is 1. The molecule has 0 spiro atoms. The van der Waals surface area contributed by atoms with Gasteiger partial charge in [-0.05, 0) is 88.2 Å². The van der Waals surface area contributed by atoms with Crippen molar-refractivity contribution in [3.8, 4) is 17.2 Å². The molecule has 0 unspecified atom stereocenters. The molecule has 0 saturated carbocycles. The van der Waals surface area contributed by atoms with E-state index in [1.54, 1.807) is 47.6 Å². The zero-order chi connectivity index (χ0) is 33.3. The minimum Gasteiger partial charge on any atom is -0.490 e. The van der Waals surface area contributed by atoms with E-state index in [9.17, 15) is 14.7 Å². The number of anilines is 1. The number of carbonyl (C=O) groups is 2. The Morgan fingerprint density at radius 1 is 1.06 bits per heavy atom. The van der Waals surface area contributed by atoms with Crippen molar-refractivity contribution in [2.24, 2.45) is 5.92 Å². The van der Waals surface area contributed by atoms with Crippen molar-refractivity contribution in [3.63, 3.8) is 0 Å². The Morgan fingerprint density at radius 2 is 1.83 bits per heavy atom. The summed E-state index contributed by atoms with van der Waals surface area (Å²) in [7, 11) is 2.06. The molecule has 47 heavy (non-hydrogen) atoms. The number of nitrogens with zero attached hydrogens (tertiary/aromatic N) is 3. The fourth-order valence-corrected chi connectivity index (χ4v) is 5.89. The van der Waals surface area contributed by atoms with E-state index in [1.165, 1.54) is 0 Å². The molecular weight excluding hydrogens is 600 g/mol. The van der Waals surface area contributed by atoms with Crippen molar-refractivity contribution < 1.29 is 33.6 Å². The normalized spacial score (nSPS) is 21.0. The number of hydrogen-bond donors (Lipinski definition) is 2. The van der Waals surface area contributed by atoms with Gasteiger partial charge in [0.15, 0.2) is 11.5 Å². The molecular formula is C36H46N4O7. The highest BCUT2D eigenvalue weighted by molar-refractivity contribution is 6.05. The lowest BCUT2D eigenvalue weighted by Crippen LogP contribution is -2.47. The predicted molar refractivity (Wildman–Crippen MR) is 178 cm³/mol. The highest BCUT2D eigenvalue weighted by Crippen LogP contribution is 2.33. The molecule has 0 aliphatic carbocycles. The van der Waals surface area contributed by atoms with Gasteiger partial charge in [-0.1, -0.05) is 13.0 Å². The van der Waals surface area contributed by atoms with Crippen LogP contribution in [0.5, 0.6) is 17.2 Å². The maximum Gasteiger partial charge on any atom is 0.258 e. The molecule has 5 rings (SSSR count). The Morgan fingerprint density at radius 3 is 2.62 bits per heavy atom.